The van der Waals surface area contributed by atoms with E-state index in [9.17, 15) is 0 Å². The molecule has 0 bridgehead atoms. The molecule has 0 spiro atoms. The van der Waals surface area contributed by atoms with E-state index >= 15 is 0 Å². The van der Waals surface area contributed by atoms with Crippen LogP contribution in [0.5, 0.6) is 0 Å². The molecule has 3 nitrogen and oxygen atoms in total. The lowest BCUT2D eigenvalue weighted by Crippen LogP contribution is -2.00. The maximum atomic E-state index is 6.05. The average Bonchev–Trinajstić information content (AvgIpc) is 2.80. The van der Waals surface area contributed by atoms with Crippen molar-refractivity contribution in [1.82, 2.24) is 5.16 Å². The van der Waals surface area contributed by atoms with Gasteiger partial charge in [0.1, 0.15) is 5.76 Å². The van der Waals surface area contributed by atoms with Crippen LogP contribution in [0.25, 0.3) is 11.1 Å². The summed E-state index contributed by atoms with van der Waals surface area (Å²) in [5.41, 5.74) is 9.36. The fourth-order valence-corrected chi connectivity index (χ4v) is 2.79. The van der Waals surface area contributed by atoms with Crippen LogP contribution >= 0.6 is 0 Å². The van der Waals surface area contributed by atoms with E-state index in [1.54, 1.807) is 0 Å². The van der Waals surface area contributed by atoms with E-state index in [4.69, 9.17) is 10.3 Å². The molecule has 20 heavy (non-hydrogen) atoms. The molecule has 1 aromatic carbocycles. The molecule has 0 amide bonds. The van der Waals surface area contributed by atoms with Gasteiger partial charge in [-0.25, -0.2) is 0 Å². The highest BCUT2D eigenvalue weighted by atomic mass is 16.5. The number of hydrogen-bond acceptors (Lipinski definition) is 3. The summed E-state index contributed by atoms with van der Waals surface area (Å²) in [6.45, 7) is 6.49. The molecule has 0 aliphatic heterocycles. The molecule has 0 saturated heterocycles. The molecule has 2 aromatic rings. The molecule has 0 unspecified atom stereocenters. The van der Waals surface area contributed by atoms with Crippen molar-refractivity contribution in [3.8, 4) is 11.1 Å². The zero-order chi connectivity index (χ0) is 14.5. The minimum absolute atomic E-state index is 0.408. The number of rotatable bonds is 6. The van der Waals surface area contributed by atoms with Gasteiger partial charge in [0.25, 0.3) is 0 Å². The Morgan fingerprint density at radius 2 is 1.90 bits per heavy atom. The fraction of sp³-hybridized carbons (Fsp3) is 0.471. The van der Waals surface area contributed by atoms with Crippen LogP contribution in [0, 0.1) is 6.92 Å². The van der Waals surface area contributed by atoms with Gasteiger partial charge in [0, 0.05) is 5.92 Å². The van der Waals surface area contributed by atoms with Gasteiger partial charge in [-0.15, -0.1) is 0 Å². The summed E-state index contributed by atoms with van der Waals surface area (Å²) in [4.78, 5) is 0. The summed E-state index contributed by atoms with van der Waals surface area (Å²) in [5.74, 6) is 1.87. The number of aryl methyl sites for hydroxylation is 1. The molecule has 2 N–H and O–H groups in total. The fourth-order valence-electron chi connectivity index (χ4n) is 2.79. The van der Waals surface area contributed by atoms with Gasteiger partial charge in [-0.05, 0) is 25.3 Å². The van der Waals surface area contributed by atoms with Crippen molar-refractivity contribution in [2.45, 2.75) is 52.4 Å². The Kier molecular flexibility index (Phi) is 4.83. The van der Waals surface area contributed by atoms with E-state index in [2.05, 4.69) is 50.2 Å². The smallest absolute Gasteiger partial charge is 0.175 e. The Labute approximate surface area is 121 Å². The van der Waals surface area contributed by atoms with Crippen molar-refractivity contribution in [1.29, 1.82) is 0 Å². The van der Waals surface area contributed by atoms with Crippen molar-refractivity contribution >= 4 is 5.82 Å². The second kappa shape index (κ2) is 6.60. The first kappa shape index (κ1) is 14.6. The number of aromatic nitrogens is 1. The largest absolute Gasteiger partial charge is 0.380 e. The standard InChI is InChI=1S/C17H24N2O/c1-4-7-13(8-5-2)16-15(17(18)19-20-16)14-10-6-9-12(3)11-14/h6,9-11,13H,4-5,7-8H2,1-3H3,(H2,18,19). The van der Waals surface area contributed by atoms with Gasteiger partial charge in [-0.3, -0.25) is 0 Å². The number of nitrogens with two attached hydrogens (primary N) is 1. The Morgan fingerprint density at radius 1 is 1.20 bits per heavy atom. The zero-order valence-electron chi connectivity index (χ0n) is 12.6. The van der Waals surface area contributed by atoms with Crippen LogP contribution in [0.1, 0.15) is 56.8 Å². The van der Waals surface area contributed by atoms with Crippen LogP contribution in [0.15, 0.2) is 28.8 Å². The van der Waals surface area contributed by atoms with Crippen LogP contribution in [0.3, 0.4) is 0 Å². The zero-order valence-corrected chi connectivity index (χ0v) is 12.6. The molecule has 0 aliphatic rings. The number of nitrogen functional groups attached to an aromatic ring is 1. The van der Waals surface area contributed by atoms with E-state index < -0.39 is 0 Å². The van der Waals surface area contributed by atoms with Gasteiger partial charge in [-0.2, -0.15) is 0 Å². The van der Waals surface area contributed by atoms with Gasteiger partial charge >= 0.3 is 0 Å². The van der Waals surface area contributed by atoms with E-state index in [1.165, 1.54) is 5.56 Å². The summed E-state index contributed by atoms with van der Waals surface area (Å²) in [7, 11) is 0. The minimum atomic E-state index is 0.408. The predicted octanol–water partition coefficient (Wildman–Crippen LogP) is 4.92. The summed E-state index contributed by atoms with van der Waals surface area (Å²) >= 11 is 0. The van der Waals surface area contributed by atoms with E-state index in [1.807, 2.05) is 0 Å². The van der Waals surface area contributed by atoms with Crippen LogP contribution in [-0.2, 0) is 0 Å². The molecule has 0 atom stereocenters. The van der Waals surface area contributed by atoms with E-state index in [-0.39, 0.29) is 0 Å². The highest BCUT2D eigenvalue weighted by Crippen LogP contribution is 2.38. The molecular formula is C17H24N2O. The van der Waals surface area contributed by atoms with Crippen molar-refractivity contribution in [3.05, 3.63) is 35.6 Å². The van der Waals surface area contributed by atoms with Gasteiger partial charge < -0.3 is 10.3 Å². The summed E-state index contributed by atoms with van der Waals surface area (Å²) in [5, 5.41) is 4.01. The van der Waals surface area contributed by atoms with Gasteiger partial charge in [-0.1, -0.05) is 61.7 Å². The topological polar surface area (TPSA) is 52.0 Å². The van der Waals surface area contributed by atoms with Crippen LogP contribution in [0.4, 0.5) is 5.82 Å². The van der Waals surface area contributed by atoms with Crippen LogP contribution in [-0.4, -0.2) is 5.16 Å². The van der Waals surface area contributed by atoms with Gasteiger partial charge in [0.15, 0.2) is 5.82 Å². The Hall–Kier alpha value is -1.77. The molecule has 0 radical (unpaired) electrons. The Morgan fingerprint density at radius 3 is 2.50 bits per heavy atom. The Balaban J connectivity index is 2.45. The molecule has 0 fully saturated rings. The summed E-state index contributed by atoms with van der Waals surface area (Å²) < 4.78 is 5.58. The molecule has 0 aliphatic carbocycles. The minimum Gasteiger partial charge on any atom is -0.380 e. The molecule has 108 valence electrons. The molecule has 1 aromatic heterocycles. The lowest BCUT2D eigenvalue weighted by molar-refractivity contribution is 0.346. The SMILES string of the molecule is CCCC(CCC)c1onc(N)c1-c1cccc(C)c1. The lowest BCUT2D eigenvalue weighted by atomic mass is 9.90. The highest BCUT2D eigenvalue weighted by molar-refractivity contribution is 5.76. The highest BCUT2D eigenvalue weighted by Gasteiger charge is 2.23. The van der Waals surface area contributed by atoms with Gasteiger partial charge in [0.2, 0.25) is 0 Å². The normalized spacial score (nSPS) is 11.2. The molecular weight excluding hydrogens is 248 g/mol. The van der Waals surface area contributed by atoms with Crippen molar-refractivity contribution < 1.29 is 4.52 Å². The third-order valence-electron chi connectivity index (χ3n) is 3.70. The molecule has 3 heteroatoms. The van der Waals surface area contributed by atoms with Crippen LogP contribution < -0.4 is 5.73 Å². The molecule has 1 heterocycles. The monoisotopic (exact) mass is 272 g/mol. The third kappa shape index (κ3) is 3.03. The van der Waals surface area contributed by atoms with Crippen molar-refractivity contribution in [2.24, 2.45) is 0 Å². The van der Waals surface area contributed by atoms with Gasteiger partial charge in [0.05, 0.1) is 5.56 Å². The average molecular weight is 272 g/mol. The Bertz CT molecular complexity index is 554. The molecule has 2 rings (SSSR count). The quantitative estimate of drug-likeness (QED) is 0.812. The second-order valence-electron chi connectivity index (χ2n) is 5.45. The first-order chi connectivity index (χ1) is 9.67. The van der Waals surface area contributed by atoms with Crippen molar-refractivity contribution in [3.63, 3.8) is 0 Å². The van der Waals surface area contributed by atoms with Crippen LogP contribution in [0.2, 0.25) is 0 Å². The number of nitrogens with zero attached hydrogens (tertiary/aromatic N) is 1. The second-order valence-corrected chi connectivity index (χ2v) is 5.45. The van der Waals surface area contributed by atoms with Crippen molar-refractivity contribution in [2.75, 3.05) is 5.73 Å². The van der Waals surface area contributed by atoms with E-state index in [0.29, 0.717) is 11.7 Å². The first-order valence-electron chi connectivity index (χ1n) is 7.49. The maximum Gasteiger partial charge on any atom is 0.175 e. The number of anilines is 1. The maximum absolute atomic E-state index is 6.05. The summed E-state index contributed by atoms with van der Waals surface area (Å²) in [6.07, 6.45) is 4.50. The first-order valence-corrected chi connectivity index (χ1v) is 7.49. The number of benzene rings is 1. The molecule has 0 saturated carbocycles. The van der Waals surface area contributed by atoms with E-state index in [0.717, 1.165) is 42.6 Å². The third-order valence-corrected chi connectivity index (χ3v) is 3.70. The predicted molar refractivity (Wildman–Crippen MR) is 83.6 cm³/mol. The lowest BCUT2D eigenvalue weighted by Gasteiger charge is -2.14. The number of hydrogen-bond donors (Lipinski definition) is 1. The summed E-state index contributed by atoms with van der Waals surface area (Å²) in [6, 6.07) is 8.35.